The Kier molecular flexibility index (Phi) is 3.83. The number of aliphatic imine (C=N–C) groups is 1. The van der Waals surface area contributed by atoms with Gasteiger partial charge in [0.15, 0.2) is 0 Å². The number of hydrogen-bond acceptors (Lipinski definition) is 4. The van der Waals surface area contributed by atoms with Gasteiger partial charge >= 0.3 is 0 Å². The fraction of sp³-hybridized carbons (Fsp3) is 0.857. The molecular formula is C7H12N2O2. The Morgan fingerprint density at radius 3 is 2.82 bits per heavy atom. The molecule has 1 fully saturated rings. The van der Waals surface area contributed by atoms with Gasteiger partial charge in [-0.3, -0.25) is 4.90 Å². The third-order valence-electron chi connectivity index (χ3n) is 1.70. The molecule has 0 aliphatic carbocycles. The maximum Gasteiger partial charge on any atom is 0.234 e. The van der Waals surface area contributed by atoms with E-state index in [0.29, 0.717) is 6.54 Å². The van der Waals surface area contributed by atoms with Crippen LogP contribution in [0.25, 0.3) is 0 Å². The van der Waals surface area contributed by atoms with Crippen LogP contribution in [-0.2, 0) is 9.53 Å². The lowest BCUT2D eigenvalue weighted by atomic mass is 10.4. The van der Waals surface area contributed by atoms with Crippen molar-refractivity contribution in [2.75, 3.05) is 39.4 Å². The van der Waals surface area contributed by atoms with Crippen LogP contribution in [0.15, 0.2) is 4.99 Å². The molecule has 1 rings (SSSR count). The maximum atomic E-state index is 9.71. The summed E-state index contributed by atoms with van der Waals surface area (Å²) in [5.74, 6) is 0. The predicted molar refractivity (Wildman–Crippen MR) is 40.2 cm³/mol. The van der Waals surface area contributed by atoms with E-state index in [9.17, 15) is 4.79 Å². The van der Waals surface area contributed by atoms with Crippen LogP contribution in [0.5, 0.6) is 0 Å². The van der Waals surface area contributed by atoms with Crippen LogP contribution in [0.3, 0.4) is 0 Å². The monoisotopic (exact) mass is 156 g/mol. The molecule has 0 saturated carbocycles. The molecule has 0 aromatic rings. The molecule has 0 aromatic carbocycles. The van der Waals surface area contributed by atoms with Gasteiger partial charge in [0.1, 0.15) is 0 Å². The number of nitrogens with zero attached hydrogens (tertiary/aromatic N) is 2. The Hall–Kier alpha value is -0.700. The number of morpholine rings is 1. The van der Waals surface area contributed by atoms with Crippen LogP contribution >= 0.6 is 0 Å². The summed E-state index contributed by atoms with van der Waals surface area (Å²) >= 11 is 0. The van der Waals surface area contributed by atoms with E-state index in [0.717, 1.165) is 32.8 Å². The molecule has 4 heteroatoms. The summed E-state index contributed by atoms with van der Waals surface area (Å²) < 4.78 is 5.16. The molecule has 0 aromatic heterocycles. The van der Waals surface area contributed by atoms with E-state index in [2.05, 4.69) is 9.89 Å². The van der Waals surface area contributed by atoms with E-state index in [1.165, 1.54) is 6.08 Å². The highest BCUT2D eigenvalue weighted by Gasteiger charge is 2.08. The average molecular weight is 156 g/mol. The van der Waals surface area contributed by atoms with Crippen LogP contribution < -0.4 is 0 Å². The fourth-order valence-corrected chi connectivity index (χ4v) is 1.06. The van der Waals surface area contributed by atoms with Gasteiger partial charge in [0.2, 0.25) is 6.08 Å². The first-order valence-corrected chi connectivity index (χ1v) is 3.77. The Morgan fingerprint density at radius 2 is 2.18 bits per heavy atom. The molecule has 0 unspecified atom stereocenters. The maximum absolute atomic E-state index is 9.71. The predicted octanol–water partition coefficient (Wildman–Crippen LogP) is -0.346. The molecule has 11 heavy (non-hydrogen) atoms. The molecule has 1 saturated heterocycles. The normalized spacial score (nSPS) is 19.3. The van der Waals surface area contributed by atoms with Crippen molar-refractivity contribution in [3.8, 4) is 0 Å². The largest absolute Gasteiger partial charge is 0.379 e. The first-order valence-electron chi connectivity index (χ1n) is 3.77. The van der Waals surface area contributed by atoms with E-state index >= 15 is 0 Å². The van der Waals surface area contributed by atoms with Crippen LogP contribution in [-0.4, -0.2) is 50.4 Å². The van der Waals surface area contributed by atoms with Crippen molar-refractivity contribution >= 4 is 6.08 Å². The van der Waals surface area contributed by atoms with E-state index in [-0.39, 0.29) is 0 Å². The van der Waals surface area contributed by atoms with Crippen LogP contribution in [0, 0.1) is 0 Å². The van der Waals surface area contributed by atoms with E-state index < -0.39 is 0 Å². The van der Waals surface area contributed by atoms with Crippen LogP contribution in [0.1, 0.15) is 0 Å². The van der Waals surface area contributed by atoms with Gasteiger partial charge in [-0.15, -0.1) is 0 Å². The van der Waals surface area contributed by atoms with Crippen LogP contribution in [0.2, 0.25) is 0 Å². The minimum Gasteiger partial charge on any atom is -0.379 e. The van der Waals surface area contributed by atoms with Crippen molar-refractivity contribution in [1.29, 1.82) is 0 Å². The third-order valence-corrected chi connectivity index (χ3v) is 1.70. The van der Waals surface area contributed by atoms with Gasteiger partial charge in [-0.05, 0) is 0 Å². The van der Waals surface area contributed by atoms with Gasteiger partial charge in [0.05, 0.1) is 19.8 Å². The molecule has 0 radical (unpaired) electrons. The fourth-order valence-electron chi connectivity index (χ4n) is 1.06. The van der Waals surface area contributed by atoms with E-state index in [4.69, 9.17) is 4.74 Å². The Balaban J connectivity index is 2.09. The molecule has 4 nitrogen and oxygen atoms in total. The zero-order chi connectivity index (χ0) is 7.94. The van der Waals surface area contributed by atoms with Gasteiger partial charge in [-0.25, -0.2) is 9.79 Å². The van der Waals surface area contributed by atoms with Crippen molar-refractivity contribution in [1.82, 2.24) is 4.90 Å². The second-order valence-corrected chi connectivity index (χ2v) is 2.43. The molecule has 0 bridgehead atoms. The van der Waals surface area contributed by atoms with Crippen molar-refractivity contribution < 1.29 is 9.53 Å². The summed E-state index contributed by atoms with van der Waals surface area (Å²) in [5.41, 5.74) is 0. The van der Waals surface area contributed by atoms with E-state index in [1.807, 2.05) is 0 Å². The lowest BCUT2D eigenvalue weighted by Crippen LogP contribution is -2.37. The lowest BCUT2D eigenvalue weighted by molar-refractivity contribution is 0.0394. The second kappa shape index (κ2) is 5.02. The molecule has 1 aliphatic heterocycles. The molecule has 0 N–H and O–H groups in total. The highest BCUT2D eigenvalue weighted by molar-refractivity contribution is 5.32. The topological polar surface area (TPSA) is 41.9 Å². The second-order valence-electron chi connectivity index (χ2n) is 2.43. The number of ether oxygens (including phenoxy) is 1. The number of rotatable bonds is 3. The summed E-state index contributed by atoms with van der Waals surface area (Å²) in [6.45, 7) is 4.90. The minimum absolute atomic E-state index is 0.559. The zero-order valence-electron chi connectivity index (χ0n) is 6.45. The number of isocyanates is 1. The van der Waals surface area contributed by atoms with Gasteiger partial charge < -0.3 is 4.74 Å². The summed E-state index contributed by atoms with van der Waals surface area (Å²) in [4.78, 5) is 15.4. The number of hydrogen-bond donors (Lipinski definition) is 0. The number of carbonyl (C=O) groups excluding carboxylic acids is 1. The first-order chi connectivity index (χ1) is 5.43. The Labute approximate surface area is 65.9 Å². The first kappa shape index (κ1) is 8.40. The highest BCUT2D eigenvalue weighted by Crippen LogP contribution is 1.94. The van der Waals surface area contributed by atoms with Gasteiger partial charge in [0.25, 0.3) is 0 Å². The average Bonchev–Trinajstić information content (AvgIpc) is 2.07. The SMILES string of the molecule is O=C=NCCN1CCOCC1. The van der Waals surface area contributed by atoms with Crippen molar-refractivity contribution in [2.24, 2.45) is 4.99 Å². The Morgan fingerprint density at radius 1 is 1.45 bits per heavy atom. The summed E-state index contributed by atoms with van der Waals surface area (Å²) in [7, 11) is 0. The lowest BCUT2D eigenvalue weighted by Gasteiger charge is -2.25. The smallest absolute Gasteiger partial charge is 0.234 e. The molecule has 1 aliphatic rings. The van der Waals surface area contributed by atoms with Crippen molar-refractivity contribution in [3.63, 3.8) is 0 Å². The zero-order valence-corrected chi connectivity index (χ0v) is 6.45. The van der Waals surface area contributed by atoms with Crippen molar-refractivity contribution in [2.45, 2.75) is 0 Å². The molecule has 1 heterocycles. The van der Waals surface area contributed by atoms with Crippen LogP contribution in [0.4, 0.5) is 0 Å². The molecule has 0 amide bonds. The molecule has 0 spiro atoms. The van der Waals surface area contributed by atoms with Gasteiger partial charge in [-0.1, -0.05) is 0 Å². The highest BCUT2D eigenvalue weighted by atomic mass is 16.5. The standard InChI is InChI=1S/C7H12N2O2/c10-7-8-1-2-9-3-5-11-6-4-9/h1-6H2. The quantitative estimate of drug-likeness (QED) is 0.414. The van der Waals surface area contributed by atoms with Gasteiger partial charge in [0, 0.05) is 19.6 Å². The summed E-state index contributed by atoms with van der Waals surface area (Å²) in [6, 6.07) is 0. The molecule has 0 atom stereocenters. The van der Waals surface area contributed by atoms with E-state index in [1.54, 1.807) is 0 Å². The molecular weight excluding hydrogens is 144 g/mol. The minimum atomic E-state index is 0.559. The van der Waals surface area contributed by atoms with Gasteiger partial charge in [-0.2, -0.15) is 0 Å². The van der Waals surface area contributed by atoms with Crippen molar-refractivity contribution in [3.05, 3.63) is 0 Å². The summed E-state index contributed by atoms with van der Waals surface area (Å²) in [6.07, 6.45) is 1.52. The molecule has 62 valence electrons. The summed E-state index contributed by atoms with van der Waals surface area (Å²) in [5, 5.41) is 0. The Bertz CT molecular complexity index is 149. The third kappa shape index (κ3) is 3.28.